The molecule has 3 heterocycles. The minimum atomic E-state index is -0.430. The average Bonchev–Trinajstić information content (AvgIpc) is 3.34. The molecule has 4 rings (SSSR count). The van der Waals surface area contributed by atoms with Crippen LogP contribution in [0.25, 0.3) is 11.2 Å². The number of nitrogens with two attached hydrogens (primary N) is 2. The van der Waals surface area contributed by atoms with Crippen molar-refractivity contribution in [2.75, 3.05) is 30.3 Å². The Labute approximate surface area is 199 Å². The Morgan fingerprint density at radius 1 is 1.34 bits per heavy atom. The summed E-state index contributed by atoms with van der Waals surface area (Å²) in [5.41, 5.74) is 15.5. The number of halogens is 2. The molecule has 2 aromatic heterocycles. The summed E-state index contributed by atoms with van der Waals surface area (Å²) >= 11 is 10.1. The highest BCUT2D eigenvalue weighted by Crippen LogP contribution is 2.37. The number of anilines is 2. The molecule has 0 saturated carbocycles. The lowest BCUT2D eigenvalue weighted by Crippen LogP contribution is -2.44. The molecule has 1 atom stereocenters. The highest BCUT2D eigenvalue weighted by atomic mass is 79.9. The topological polar surface area (TPSA) is 128 Å². The first-order chi connectivity index (χ1) is 15.3. The van der Waals surface area contributed by atoms with Crippen molar-refractivity contribution < 1.29 is 4.79 Å². The SMILES string of the molecule is CCNC(=O)CCC1(N)CCN(c2cc(Cl)cc(Br)c2Cn2cnc3c(N)ncnc32)C1. The van der Waals surface area contributed by atoms with E-state index in [4.69, 9.17) is 23.1 Å². The van der Waals surface area contributed by atoms with E-state index in [1.807, 2.05) is 23.6 Å². The molecule has 1 unspecified atom stereocenters. The van der Waals surface area contributed by atoms with Crippen LogP contribution in [0.2, 0.25) is 5.02 Å². The number of aromatic nitrogens is 4. The Balaban J connectivity index is 1.60. The summed E-state index contributed by atoms with van der Waals surface area (Å²) in [7, 11) is 0. The Kier molecular flexibility index (Phi) is 6.55. The van der Waals surface area contributed by atoms with Crippen molar-refractivity contribution in [3.63, 3.8) is 0 Å². The fourth-order valence-corrected chi connectivity index (χ4v) is 5.09. The smallest absolute Gasteiger partial charge is 0.220 e. The van der Waals surface area contributed by atoms with E-state index in [9.17, 15) is 4.79 Å². The van der Waals surface area contributed by atoms with E-state index in [-0.39, 0.29) is 5.91 Å². The summed E-state index contributed by atoms with van der Waals surface area (Å²) in [6, 6.07) is 3.84. The van der Waals surface area contributed by atoms with Crippen LogP contribution < -0.4 is 21.7 Å². The van der Waals surface area contributed by atoms with Crippen LogP contribution in [-0.2, 0) is 11.3 Å². The molecular weight excluding hydrogens is 496 g/mol. The van der Waals surface area contributed by atoms with E-state index in [0.29, 0.717) is 54.5 Å². The second kappa shape index (κ2) is 9.21. The molecule has 0 bridgehead atoms. The lowest BCUT2D eigenvalue weighted by Gasteiger charge is -2.27. The minimum absolute atomic E-state index is 0.0372. The summed E-state index contributed by atoms with van der Waals surface area (Å²) in [6.45, 7) is 4.49. The van der Waals surface area contributed by atoms with E-state index in [1.165, 1.54) is 6.33 Å². The number of hydrogen-bond donors (Lipinski definition) is 3. The number of hydrogen-bond acceptors (Lipinski definition) is 7. The van der Waals surface area contributed by atoms with Crippen LogP contribution in [0.3, 0.4) is 0 Å². The largest absolute Gasteiger partial charge is 0.382 e. The Morgan fingerprint density at radius 3 is 2.94 bits per heavy atom. The van der Waals surface area contributed by atoms with Crippen LogP contribution >= 0.6 is 27.5 Å². The number of nitrogens with one attached hydrogen (secondary N) is 1. The number of carbonyl (C=O) groups is 1. The molecule has 1 aliphatic heterocycles. The van der Waals surface area contributed by atoms with E-state index in [0.717, 1.165) is 28.7 Å². The Bertz CT molecular complexity index is 1150. The molecule has 1 amide bonds. The van der Waals surface area contributed by atoms with Crippen LogP contribution in [0, 0.1) is 0 Å². The molecule has 1 fully saturated rings. The van der Waals surface area contributed by atoms with Crippen molar-refractivity contribution in [3.8, 4) is 0 Å². The van der Waals surface area contributed by atoms with E-state index < -0.39 is 5.54 Å². The summed E-state index contributed by atoms with van der Waals surface area (Å²) in [4.78, 5) is 26.9. The zero-order chi connectivity index (χ0) is 22.9. The molecule has 1 aromatic carbocycles. The van der Waals surface area contributed by atoms with Gasteiger partial charge >= 0.3 is 0 Å². The summed E-state index contributed by atoms with van der Waals surface area (Å²) in [6.07, 6.45) is 5.00. The van der Waals surface area contributed by atoms with E-state index in [1.54, 1.807) is 6.33 Å². The number of fused-ring (bicyclic) bond motifs is 1. The van der Waals surface area contributed by atoms with Crippen molar-refractivity contribution in [3.05, 3.63) is 39.8 Å². The van der Waals surface area contributed by atoms with Gasteiger partial charge in [0.1, 0.15) is 11.8 Å². The summed E-state index contributed by atoms with van der Waals surface area (Å²) < 4.78 is 2.83. The second-order valence-corrected chi connectivity index (χ2v) is 9.47. The average molecular weight is 522 g/mol. The minimum Gasteiger partial charge on any atom is -0.382 e. The van der Waals surface area contributed by atoms with Gasteiger partial charge in [-0.2, -0.15) is 0 Å². The number of rotatable bonds is 7. The Morgan fingerprint density at radius 2 is 2.16 bits per heavy atom. The Hall–Kier alpha value is -2.43. The van der Waals surface area contributed by atoms with Gasteiger partial charge in [0, 0.05) is 52.3 Å². The zero-order valence-electron chi connectivity index (χ0n) is 17.8. The molecule has 1 aliphatic rings. The van der Waals surface area contributed by atoms with Crippen molar-refractivity contribution in [2.24, 2.45) is 5.73 Å². The molecule has 5 N–H and O–H groups in total. The van der Waals surface area contributed by atoms with Crippen LogP contribution in [0.15, 0.2) is 29.3 Å². The standard InChI is InChI=1S/C21H26BrClN8O/c1-2-26-17(32)3-4-21(25)5-6-30(10-21)16-8-13(23)7-15(22)14(16)9-31-12-29-18-19(24)27-11-28-20(18)31/h7-8,11-12H,2-6,9-10,25H2,1H3,(H,26,32)(H2,24,27,28). The third-order valence-corrected chi connectivity index (χ3v) is 6.77. The van der Waals surface area contributed by atoms with Gasteiger partial charge in [-0.15, -0.1) is 0 Å². The molecule has 0 spiro atoms. The van der Waals surface area contributed by atoms with Crippen LogP contribution in [0.4, 0.5) is 11.5 Å². The van der Waals surface area contributed by atoms with Crippen LogP contribution in [0.1, 0.15) is 31.7 Å². The molecule has 170 valence electrons. The molecule has 9 nitrogen and oxygen atoms in total. The third kappa shape index (κ3) is 4.67. The number of benzene rings is 1. The van der Waals surface area contributed by atoms with Gasteiger partial charge in [-0.05, 0) is 31.9 Å². The first-order valence-electron chi connectivity index (χ1n) is 10.5. The number of imidazole rings is 1. The van der Waals surface area contributed by atoms with E-state index in [2.05, 4.69) is 41.1 Å². The molecule has 32 heavy (non-hydrogen) atoms. The highest BCUT2D eigenvalue weighted by Gasteiger charge is 2.36. The number of amides is 1. The number of nitrogens with zero attached hydrogens (tertiary/aromatic N) is 5. The van der Waals surface area contributed by atoms with Gasteiger partial charge in [-0.3, -0.25) is 4.79 Å². The highest BCUT2D eigenvalue weighted by molar-refractivity contribution is 9.10. The van der Waals surface area contributed by atoms with Crippen LogP contribution in [0.5, 0.6) is 0 Å². The molecule has 0 radical (unpaired) electrons. The molecule has 3 aromatic rings. The van der Waals surface area contributed by atoms with Gasteiger partial charge in [0.15, 0.2) is 11.5 Å². The number of carbonyl (C=O) groups excluding carboxylic acids is 1. The lowest BCUT2D eigenvalue weighted by molar-refractivity contribution is -0.121. The van der Waals surface area contributed by atoms with Crippen molar-refractivity contribution in [1.29, 1.82) is 0 Å². The van der Waals surface area contributed by atoms with Gasteiger partial charge in [-0.25, -0.2) is 15.0 Å². The first-order valence-corrected chi connectivity index (χ1v) is 11.7. The van der Waals surface area contributed by atoms with Gasteiger partial charge < -0.3 is 26.3 Å². The van der Waals surface area contributed by atoms with Crippen molar-refractivity contribution in [1.82, 2.24) is 24.8 Å². The maximum Gasteiger partial charge on any atom is 0.220 e. The predicted molar refractivity (Wildman–Crippen MR) is 130 cm³/mol. The number of nitrogen functional groups attached to an aromatic ring is 1. The maximum absolute atomic E-state index is 11.9. The summed E-state index contributed by atoms with van der Waals surface area (Å²) in [5, 5.41) is 3.47. The lowest BCUT2D eigenvalue weighted by atomic mass is 9.93. The molecular formula is C21H26BrClN8O. The predicted octanol–water partition coefficient (Wildman–Crippen LogP) is 2.70. The summed E-state index contributed by atoms with van der Waals surface area (Å²) in [5.74, 6) is 0.388. The normalized spacial score (nSPS) is 18.4. The first kappa shape index (κ1) is 22.8. The van der Waals surface area contributed by atoms with E-state index >= 15 is 0 Å². The van der Waals surface area contributed by atoms with Gasteiger partial charge in [0.25, 0.3) is 0 Å². The third-order valence-electron chi connectivity index (χ3n) is 5.84. The van der Waals surface area contributed by atoms with Crippen molar-refractivity contribution >= 4 is 56.1 Å². The van der Waals surface area contributed by atoms with Gasteiger partial charge in [-0.1, -0.05) is 27.5 Å². The zero-order valence-corrected chi connectivity index (χ0v) is 20.2. The van der Waals surface area contributed by atoms with Gasteiger partial charge in [0.05, 0.1) is 12.9 Å². The van der Waals surface area contributed by atoms with Crippen LogP contribution in [-0.4, -0.2) is 50.6 Å². The second-order valence-electron chi connectivity index (χ2n) is 8.18. The quantitative estimate of drug-likeness (QED) is 0.436. The van der Waals surface area contributed by atoms with Crippen molar-refractivity contribution in [2.45, 2.75) is 38.3 Å². The fraction of sp³-hybridized carbons (Fsp3) is 0.429. The fourth-order valence-electron chi connectivity index (χ4n) is 4.17. The van der Waals surface area contributed by atoms with Gasteiger partial charge in [0.2, 0.25) is 5.91 Å². The maximum atomic E-state index is 11.9. The molecule has 0 aliphatic carbocycles. The molecule has 1 saturated heterocycles. The monoisotopic (exact) mass is 520 g/mol. The molecule has 11 heteroatoms.